The number of amides is 1. The minimum Gasteiger partial charge on any atom is -0.479 e. The fraction of sp³-hybridized carbons (Fsp3) is 0.846. The van der Waals surface area contributed by atoms with E-state index >= 15 is 0 Å². The van der Waals surface area contributed by atoms with Crippen LogP contribution >= 0.6 is 0 Å². The van der Waals surface area contributed by atoms with E-state index in [4.69, 9.17) is 9.84 Å². The van der Waals surface area contributed by atoms with Gasteiger partial charge < -0.3 is 20.1 Å². The van der Waals surface area contributed by atoms with Crippen LogP contribution in [0.25, 0.3) is 0 Å². The predicted octanol–water partition coefficient (Wildman–Crippen LogP) is 0.221. The number of ether oxygens (including phenoxy) is 1. The molecule has 0 bridgehead atoms. The van der Waals surface area contributed by atoms with Crippen LogP contribution in [0.4, 0.5) is 0 Å². The van der Waals surface area contributed by atoms with Gasteiger partial charge in [-0.25, -0.2) is 4.79 Å². The maximum Gasteiger partial charge on any atom is 0.332 e. The molecule has 2 rings (SSSR count). The highest BCUT2D eigenvalue weighted by molar-refractivity contribution is 5.76. The number of hydrogen-bond acceptors (Lipinski definition) is 4. The van der Waals surface area contributed by atoms with Crippen molar-refractivity contribution < 1.29 is 19.4 Å². The van der Waals surface area contributed by atoms with E-state index < -0.39 is 12.1 Å². The highest BCUT2D eigenvalue weighted by Crippen LogP contribution is 2.19. The molecule has 0 saturated carbocycles. The summed E-state index contributed by atoms with van der Waals surface area (Å²) in [6.45, 7) is 3.04. The molecule has 2 aliphatic rings. The fourth-order valence-corrected chi connectivity index (χ4v) is 2.62. The van der Waals surface area contributed by atoms with Gasteiger partial charge in [0.2, 0.25) is 5.91 Å². The molecule has 0 aromatic heterocycles. The van der Waals surface area contributed by atoms with Crippen LogP contribution < -0.4 is 5.32 Å². The molecule has 2 unspecified atom stereocenters. The van der Waals surface area contributed by atoms with Crippen LogP contribution in [0, 0.1) is 0 Å². The third kappa shape index (κ3) is 4.18. The zero-order valence-electron chi connectivity index (χ0n) is 11.1. The Bertz CT molecular complexity index is 329. The van der Waals surface area contributed by atoms with Crippen molar-refractivity contribution in [2.24, 2.45) is 0 Å². The molecule has 0 aromatic carbocycles. The van der Waals surface area contributed by atoms with E-state index in [1.54, 1.807) is 0 Å². The number of aliphatic carboxylic acids is 1. The molecule has 2 aliphatic heterocycles. The van der Waals surface area contributed by atoms with Crippen LogP contribution in [-0.2, 0) is 14.3 Å². The van der Waals surface area contributed by atoms with E-state index in [0.29, 0.717) is 25.9 Å². The van der Waals surface area contributed by atoms with Crippen LogP contribution in [0.5, 0.6) is 0 Å². The molecule has 2 atom stereocenters. The first-order valence-electron chi connectivity index (χ1n) is 7.03. The van der Waals surface area contributed by atoms with Gasteiger partial charge >= 0.3 is 5.97 Å². The number of carbonyl (C=O) groups excluding carboxylic acids is 1. The average Bonchev–Trinajstić information content (AvgIpc) is 3.05. The molecule has 0 aromatic rings. The molecular formula is C13H22N2O4. The number of carboxylic acids is 1. The normalized spacial score (nSPS) is 26.8. The number of nitrogens with one attached hydrogen (secondary N) is 1. The van der Waals surface area contributed by atoms with Crippen molar-refractivity contribution in [3.05, 3.63) is 0 Å². The smallest absolute Gasteiger partial charge is 0.332 e. The summed E-state index contributed by atoms with van der Waals surface area (Å²) in [6.07, 6.45) is 3.39. The second-order valence-corrected chi connectivity index (χ2v) is 5.20. The molecular weight excluding hydrogens is 248 g/mol. The second-order valence-electron chi connectivity index (χ2n) is 5.20. The number of carboxylic acid groups (broad SMARTS) is 1. The molecule has 6 heteroatoms. The van der Waals surface area contributed by atoms with E-state index in [2.05, 4.69) is 5.32 Å². The first-order chi connectivity index (χ1) is 9.16. The van der Waals surface area contributed by atoms with Crippen LogP contribution in [0.1, 0.15) is 32.1 Å². The summed E-state index contributed by atoms with van der Waals surface area (Å²) in [5.74, 6) is -0.674. The summed E-state index contributed by atoms with van der Waals surface area (Å²) in [5.41, 5.74) is 0. The average molecular weight is 270 g/mol. The van der Waals surface area contributed by atoms with Gasteiger partial charge in [-0.3, -0.25) is 4.79 Å². The zero-order chi connectivity index (χ0) is 13.7. The summed E-state index contributed by atoms with van der Waals surface area (Å²) < 4.78 is 5.37. The van der Waals surface area contributed by atoms with Gasteiger partial charge in [0.1, 0.15) is 0 Å². The van der Waals surface area contributed by atoms with E-state index in [1.807, 2.05) is 4.90 Å². The highest BCUT2D eigenvalue weighted by atomic mass is 16.5. The first-order valence-corrected chi connectivity index (χ1v) is 7.03. The van der Waals surface area contributed by atoms with Crippen LogP contribution in [0.15, 0.2) is 0 Å². The van der Waals surface area contributed by atoms with Crippen molar-refractivity contribution in [2.75, 3.05) is 26.2 Å². The van der Waals surface area contributed by atoms with Crippen molar-refractivity contribution in [3.63, 3.8) is 0 Å². The van der Waals surface area contributed by atoms with E-state index in [9.17, 15) is 9.59 Å². The number of nitrogens with zero attached hydrogens (tertiary/aromatic N) is 1. The molecule has 0 radical (unpaired) electrons. The number of carbonyl (C=O) groups is 2. The Balaban J connectivity index is 1.55. The first kappa shape index (κ1) is 14.3. The number of likely N-dealkylation sites (tertiary alicyclic amines) is 1. The van der Waals surface area contributed by atoms with E-state index in [1.165, 1.54) is 0 Å². The molecule has 0 aliphatic carbocycles. The Morgan fingerprint density at radius 2 is 2.00 bits per heavy atom. The summed E-state index contributed by atoms with van der Waals surface area (Å²) in [5, 5.41) is 12.0. The molecule has 2 heterocycles. The molecule has 2 N–H and O–H groups in total. The van der Waals surface area contributed by atoms with Crippen molar-refractivity contribution in [1.82, 2.24) is 10.2 Å². The van der Waals surface area contributed by atoms with Crippen molar-refractivity contribution in [2.45, 2.75) is 44.3 Å². The van der Waals surface area contributed by atoms with E-state index in [0.717, 1.165) is 32.4 Å². The quantitative estimate of drug-likeness (QED) is 0.675. The SMILES string of the molecule is O=C(O)C1CCC(CNCCC(=O)N2CCCC2)O1. The van der Waals surface area contributed by atoms with Crippen LogP contribution in [0.2, 0.25) is 0 Å². The molecule has 6 nitrogen and oxygen atoms in total. The Kier molecular flexibility index (Phi) is 5.15. The second kappa shape index (κ2) is 6.86. The van der Waals surface area contributed by atoms with Crippen LogP contribution in [0.3, 0.4) is 0 Å². The maximum atomic E-state index is 11.8. The lowest BCUT2D eigenvalue weighted by Gasteiger charge is -2.16. The zero-order valence-corrected chi connectivity index (χ0v) is 11.1. The highest BCUT2D eigenvalue weighted by Gasteiger charge is 2.30. The molecule has 2 saturated heterocycles. The lowest BCUT2D eigenvalue weighted by atomic mass is 10.2. The molecule has 0 spiro atoms. The van der Waals surface area contributed by atoms with Crippen molar-refractivity contribution >= 4 is 11.9 Å². The summed E-state index contributed by atoms with van der Waals surface area (Å²) in [4.78, 5) is 24.4. The van der Waals surface area contributed by atoms with Gasteiger partial charge in [0.15, 0.2) is 6.10 Å². The molecule has 2 fully saturated rings. The Morgan fingerprint density at radius 3 is 2.63 bits per heavy atom. The summed E-state index contributed by atoms with van der Waals surface area (Å²) >= 11 is 0. The molecule has 1 amide bonds. The Morgan fingerprint density at radius 1 is 1.26 bits per heavy atom. The van der Waals surface area contributed by atoms with Gasteiger partial charge in [0, 0.05) is 32.6 Å². The lowest BCUT2D eigenvalue weighted by molar-refractivity contribution is -0.149. The van der Waals surface area contributed by atoms with E-state index in [-0.39, 0.29) is 12.0 Å². The Hall–Kier alpha value is -1.14. The minimum atomic E-state index is -0.883. The predicted molar refractivity (Wildman–Crippen MR) is 68.8 cm³/mol. The number of rotatable bonds is 6. The molecule has 19 heavy (non-hydrogen) atoms. The van der Waals surface area contributed by atoms with Gasteiger partial charge in [-0.15, -0.1) is 0 Å². The van der Waals surface area contributed by atoms with Gasteiger partial charge in [-0.2, -0.15) is 0 Å². The van der Waals surface area contributed by atoms with Gasteiger partial charge in [-0.1, -0.05) is 0 Å². The molecule has 108 valence electrons. The topological polar surface area (TPSA) is 78.9 Å². The Labute approximate surface area is 113 Å². The van der Waals surface area contributed by atoms with Crippen molar-refractivity contribution in [1.29, 1.82) is 0 Å². The fourth-order valence-electron chi connectivity index (χ4n) is 2.62. The maximum absolute atomic E-state index is 11.8. The van der Waals surface area contributed by atoms with Crippen LogP contribution in [-0.4, -0.2) is 60.3 Å². The summed E-state index contributed by atoms with van der Waals surface area (Å²) in [6, 6.07) is 0. The van der Waals surface area contributed by atoms with Gasteiger partial charge in [-0.05, 0) is 25.7 Å². The van der Waals surface area contributed by atoms with Gasteiger partial charge in [0.25, 0.3) is 0 Å². The third-order valence-electron chi connectivity index (χ3n) is 3.73. The third-order valence-corrected chi connectivity index (χ3v) is 3.73. The monoisotopic (exact) mass is 270 g/mol. The minimum absolute atomic E-state index is 0.0389. The largest absolute Gasteiger partial charge is 0.479 e. The summed E-state index contributed by atoms with van der Waals surface area (Å²) in [7, 11) is 0. The number of hydrogen-bond donors (Lipinski definition) is 2. The van der Waals surface area contributed by atoms with Crippen molar-refractivity contribution in [3.8, 4) is 0 Å². The lowest BCUT2D eigenvalue weighted by Crippen LogP contribution is -2.33. The standard InChI is InChI=1S/C13H22N2O4/c16-12(15-7-1-2-8-15)5-6-14-9-10-3-4-11(19-10)13(17)18/h10-11,14H,1-9H2,(H,17,18). The van der Waals surface area contributed by atoms with Gasteiger partial charge in [0.05, 0.1) is 6.10 Å².